The molecule has 0 spiro atoms. The van der Waals surface area contributed by atoms with Gasteiger partial charge in [-0.25, -0.2) is 17.9 Å². The van der Waals surface area contributed by atoms with E-state index in [1.54, 1.807) is 20.8 Å². The number of nitrogens with zero attached hydrogens (tertiary/aromatic N) is 2. The summed E-state index contributed by atoms with van der Waals surface area (Å²) in [4.78, 5) is 25.3. The van der Waals surface area contributed by atoms with Crippen molar-refractivity contribution in [2.24, 2.45) is 0 Å². The average molecular weight is 457 g/mol. The molecule has 0 saturated heterocycles. The number of ketones is 1. The van der Waals surface area contributed by atoms with Gasteiger partial charge in [0.2, 0.25) is 11.7 Å². The summed E-state index contributed by atoms with van der Waals surface area (Å²) in [6, 6.07) is 1.44. The zero-order valence-electron chi connectivity index (χ0n) is 17.8. The highest BCUT2D eigenvalue weighted by Gasteiger charge is 2.28. The minimum Gasteiger partial charge on any atom is -0.463 e. The van der Waals surface area contributed by atoms with Crippen LogP contribution in [0.3, 0.4) is 0 Å². The second-order valence-electron chi connectivity index (χ2n) is 6.80. The number of aromatic nitrogens is 2. The fourth-order valence-corrected chi connectivity index (χ4v) is 4.77. The van der Waals surface area contributed by atoms with Crippen LogP contribution in [-0.4, -0.2) is 48.9 Å². The summed E-state index contributed by atoms with van der Waals surface area (Å²) in [5.41, 5.74) is 0.949. The van der Waals surface area contributed by atoms with Crippen LogP contribution in [0.15, 0.2) is 17.2 Å². The molecule has 0 amide bonds. The summed E-state index contributed by atoms with van der Waals surface area (Å²) in [7, 11) is -3.52. The molecule has 1 aromatic heterocycles. The number of rotatable bonds is 8. The predicted octanol–water partition coefficient (Wildman–Crippen LogP) is 3.14. The predicted molar refractivity (Wildman–Crippen MR) is 112 cm³/mol. The van der Waals surface area contributed by atoms with Crippen LogP contribution in [0.25, 0.3) is 0 Å². The van der Waals surface area contributed by atoms with Gasteiger partial charge in [0.15, 0.2) is 15.9 Å². The first kappa shape index (κ1) is 23.9. The Labute approximate surface area is 181 Å². The van der Waals surface area contributed by atoms with E-state index in [0.717, 1.165) is 6.26 Å². The number of hydrogen-bond donors (Lipinski definition) is 0. The first-order valence-electron chi connectivity index (χ1n) is 9.37. The minimum absolute atomic E-state index is 0.0414. The fraction of sp³-hybridized carbons (Fsp3) is 0.450. The highest BCUT2D eigenvalue weighted by molar-refractivity contribution is 7.90. The topological polar surface area (TPSA) is 105 Å². The Hall–Kier alpha value is -2.39. The van der Waals surface area contributed by atoms with Crippen molar-refractivity contribution in [2.45, 2.75) is 52.2 Å². The van der Waals surface area contributed by atoms with Gasteiger partial charge in [-0.1, -0.05) is 11.6 Å². The molecule has 8 nitrogen and oxygen atoms in total. The van der Waals surface area contributed by atoms with Gasteiger partial charge in [-0.3, -0.25) is 4.79 Å². The van der Waals surface area contributed by atoms with E-state index in [0.29, 0.717) is 17.7 Å². The molecule has 2 aromatic rings. The van der Waals surface area contributed by atoms with Crippen molar-refractivity contribution < 1.29 is 27.5 Å². The third-order valence-corrected chi connectivity index (χ3v) is 6.34. The maximum atomic E-state index is 13.3. The van der Waals surface area contributed by atoms with Gasteiger partial charge in [0.05, 0.1) is 22.7 Å². The molecule has 1 aromatic carbocycles. The molecule has 0 aliphatic carbocycles. The van der Waals surface area contributed by atoms with Gasteiger partial charge in [0.1, 0.15) is 5.56 Å². The van der Waals surface area contributed by atoms with Crippen LogP contribution in [0.5, 0.6) is 5.88 Å². The second kappa shape index (κ2) is 9.18. The third kappa shape index (κ3) is 4.67. The van der Waals surface area contributed by atoms with E-state index in [1.165, 1.54) is 23.9 Å². The van der Waals surface area contributed by atoms with Crippen LogP contribution in [0, 0.1) is 13.8 Å². The molecule has 0 fully saturated rings. The Morgan fingerprint density at radius 2 is 1.87 bits per heavy atom. The maximum absolute atomic E-state index is 13.3. The van der Waals surface area contributed by atoms with Gasteiger partial charge in [-0.2, -0.15) is 5.10 Å². The van der Waals surface area contributed by atoms with Crippen LogP contribution in [-0.2, 0) is 25.9 Å². The molecular weight excluding hydrogens is 432 g/mol. The zero-order valence-corrected chi connectivity index (χ0v) is 19.3. The van der Waals surface area contributed by atoms with E-state index in [-0.39, 0.29) is 33.5 Å². The lowest BCUT2D eigenvalue weighted by atomic mass is 10.0. The highest BCUT2D eigenvalue weighted by atomic mass is 35.5. The molecular formula is C20H25ClN2O6S. The molecule has 2 rings (SSSR count). The van der Waals surface area contributed by atoms with Gasteiger partial charge in [0, 0.05) is 18.4 Å². The zero-order chi connectivity index (χ0) is 22.8. The summed E-state index contributed by atoms with van der Waals surface area (Å²) in [5, 5.41) is 4.19. The van der Waals surface area contributed by atoms with Gasteiger partial charge in [-0.15, -0.1) is 0 Å². The second-order valence-corrected chi connectivity index (χ2v) is 9.13. The molecule has 1 unspecified atom stereocenters. The van der Waals surface area contributed by atoms with Gasteiger partial charge in [-0.05, 0) is 51.8 Å². The van der Waals surface area contributed by atoms with Crippen molar-refractivity contribution in [3.8, 4) is 5.88 Å². The Balaban J connectivity index is 2.55. The maximum Gasteiger partial charge on any atom is 0.347 e. The summed E-state index contributed by atoms with van der Waals surface area (Å²) in [6.45, 7) is 8.77. The number of aryl methyl sites for hydroxylation is 2. The molecule has 30 heavy (non-hydrogen) atoms. The van der Waals surface area contributed by atoms with Crippen LogP contribution in [0.4, 0.5) is 0 Å². The van der Waals surface area contributed by atoms with Crippen molar-refractivity contribution >= 4 is 33.2 Å². The van der Waals surface area contributed by atoms with E-state index in [9.17, 15) is 18.0 Å². The van der Waals surface area contributed by atoms with Crippen LogP contribution in [0.2, 0.25) is 5.02 Å². The SMILES string of the molecule is CCOC(=O)C(C)Oc1c(C(=O)c2cc(C)c(S(C)(=O)=O)c(C)c2Cl)cnn1CC. The normalized spacial score (nSPS) is 12.5. The highest BCUT2D eigenvalue weighted by Crippen LogP contribution is 2.33. The summed E-state index contributed by atoms with van der Waals surface area (Å²) < 4.78 is 36.3. The summed E-state index contributed by atoms with van der Waals surface area (Å²) >= 11 is 6.38. The molecule has 0 radical (unpaired) electrons. The van der Waals surface area contributed by atoms with Crippen molar-refractivity contribution in [1.82, 2.24) is 9.78 Å². The number of hydrogen-bond acceptors (Lipinski definition) is 7. The number of ether oxygens (including phenoxy) is 2. The Bertz CT molecular complexity index is 1090. The van der Waals surface area contributed by atoms with E-state index in [4.69, 9.17) is 21.1 Å². The molecule has 1 heterocycles. The molecule has 0 N–H and O–H groups in total. The largest absolute Gasteiger partial charge is 0.463 e. The molecule has 0 aliphatic rings. The van der Waals surface area contributed by atoms with E-state index in [2.05, 4.69) is 5.10 Å². The first-order chi connectivity index (χ1) is 13.9. The summed E-state index contributed by atoms with van der Waals surface area (Å²) in [5.74, 6) is -0.944. The van der Waals surface area contributed by atoms with Crippen molar-refractivity contribution in [1.29, 1.82) is 0 Å². The first-order valence-corrected chi connectivity index (χ1v) is 11.6. The monoisotopic (exact) mass is 456 g/mol. The number of esters is 1. The van der Waals surface area contributed by atoms with Crippen molar-refractivity contribution in [3.63, 3.8) is 0 Å². The quantitative estimate of drug-likeness (QED) is 0.443. The van der Waals surface area contributed by atoms with E-state index in [1.807, 2.05) is 6.92 Å². The van der Waals surface area contributed by atoms with Crippen LogP contribution < -0.4 is 4.74 Å². The van der Waals surface area contributed by atoms with Crippen LogP contribution in [0.1, 0.15) is 47.8 Å². The van der Waals surface area contributed by atoms with Crippen molar-refractivity contribution in [2.75, 3.05) is 12.9 Å². The van der Waals surface area contributed by atoms with E-state index < -0.39 is 27.7 Å². The molecule has 0 bridgehead atoms. The van der Waals surface area contributed by atoms with E-state index >= 15 is 0 Å². The van der Waals surface area contributed by atoms with Gasteiger partial charge >= 0.3 is 5.97 Å². The van der Waals surface area contributed by atoms with Crippen LogP contribution >= 0.6 is 11.6 Å². The standard InChI is InChI=1S/C20H25ClN2O6S/c1-7-23-19(29-13(5)20(25)28-8-2)15(10-22-23)17(24)14-9-11(3)18(30(6,26)27)12(4)16(14)21/h9-10,13H,7-8H2,1-6H3. The lowest BCUT2D eigenvalue weighted by Gasteiger charge is -2.16. The average Bonchev–Trinajstić information content (AvgIpc) is 3.05. The lowest BCUT2D eigenvalue weighted by molar-refractivity contribution is -0.150. The lowest BCUT2D eigenvalue weighted by Crippen LogP contribution is -2.27. The third-order valence-electron chi connectivity index (χ3n) is 4.48. The Morgan fingerprint density at radius 1 is 1.23 bits per heavy atom. The number of carbonyl (C=O) groups is 2. The smallest absolute Gasteiger partial charge is 0.347 e. The number of halogens is 1. The molecule has 10 heteroatoms. The number of carbonyl (C=O) groups excluding carboxylic acids is 2. The van der Waals surface area contributed by atoms with Gasteiger partial charge < -0.3 is 9.47 Å². The summed E-state index contributed by atoms with van der Waals surface area (Å²) in [6.07, 6.45) is 1.48. The fourth-order valence-electron chi connectivity index (χ4n) is 3.18. The number of sulfone groups is 1. The molecule has 1 atom stereocenters. The molecule has 0 aliphatic heterocycles. The van der Waals surface area contributed by atoms with Crippen molar-refractivity contribution in [3.05, 3.63) is 39.5 Å². The molecule has 164 valence electrons. The molecule has 0 saturated carbocycles. The minimum atomic E-state index is -3.52. The number of benzene rings is 1. The Kier molecular flexibility index (Phi) is 7.31. The Morgan fingerprint density at radius 3 is 2.40 bits per heavy atom. The van der Waals surface area contributed by atoms with Gasteiger partial charge in [0.25, 0.3) is 0 Å².